The first-order chi connectivity index (χ1) is 9.08. The topological polar surface area (TPSA) is 60.5 Å². The van der Waals surface area contributed by atoms with Crippen molar-refractivity contribution in [1.82, 2.24) is 4.98 Å². The van der Waals surface area contributed by atoms with Gasteiger partial charge in [0.15, 0.2) is 0 Å². The van der Waals surface area contributed by atoms with Gasteiger partial charge in [0.25, 0.3) is 0 Å². The van der Waals surface area contributed by atoms with Gasteiger partial charge in [0.1, 0.15) is 16.0 Å². The molecule has 1 aliphatic rings. The molecule has 2 N–H and O–H groups in total. The zero-order chi connectivity index (χ0) is 15.2. The van der Waals surface area contributed by atoms with Crippen molar-refractivity contribution in [3.05, 3.63) is 28.5 Å². The Kier molecular flexibility index (Phi) is 3.58. The molecule has 20 heavy (non-hydrogen) atoms. The Morgan fingerprint density at radius 3 is 2.50 bits per heavy atom. The molecule has 2 rings (SSSR count). The number of rotatable bonds is 1. The van der Waals surface area contributed by atoms with E-state index < -0.39 is 23.2 Å². The molecule has 0 fully saturated rings. The van der Waals surface area contributed by atoms with Gasteiger partial charge in [0, 0.05) is 0 Å². The van der Waals surface area contributed by atoms with E-state index in [9.17, 15) is 13.2 Å². The predicted molar refractivity (Wildman–Crippen MR) is 71.3 cm³/mol. The maximum Gasteiger partial charge on any atom is 0.424 e. The van der Waals surface area contributed by atoms with Gasteiger partial charge in [-0.3, -0.25) is 4.99 Å². The lowest BCUT2D eigenvalue weighted by atomic mass is 9.94. The number of halogens is 4. The lowest BCUT2D eigenvalue weighted by molar-refractivity contribution is -0.249. The fraction of sp³-hybridized carbons (Fsp3) is 0.500. The van der Waals surface area contributed by atoms with Crippen LogP contribution in [0.2, 0.25) is 0 Å². The normalized spacial score (nSPS) is 31.0. The standard InChI is InChI=1S/C12H13BrF3N3O/c1-10(7-4-3-5-8(13)18-7)6-20-11(2,9(17)19-10)12(14,15)16/h3-5H,6H2,1-2H3,(H2,17,19)/t10-,11+/m1/s1. The zero-order valence-corrected chi connectivity index (χ0v) is 12.4. The molecule has 0 saturated heterocycles. The minimum absolute atomic E-state index is 0.257. The highest BCUT2D eigenvalue weighted by Crippen LogP contribution is 2.40. The summed E-state index contributed by atoms with van der Waals surface area (Å²) in [6.07, 6.45) is -4.62. The third-order valence-electron chi connectivity index (χ3n) is 3.31. The largest absolute Gasteiger partial charge is 0.424 e. The molecule has 1 aromatic heterocycles. The van der Waals surface area contributed by atoms with Gasteiger partial charge in [-0.1, -0.05) is 6.07 Å². The van der Waals surface area contributed by atoms with Crippen LogP contribution in [0.25, 0.3) is 0 Å². The first-order valence-electron chi connectivity index (χ1n) is 5.78. The van der Waals surface area contributed by atoms with E-state index in [1.165, 1.54) is 0 Å². The molecule has 0 aromatic carbocycles. The fourth-order valence-electron chi connectivity index (χ4n) is 1.83. The van der Waals surface area contributed by atoms with Crippen LogP contribution in [0.3, 0.4) is 0 Å². The maximum atomic E-state index is 13.0. The van der Waals surface area contributed by atoms with Crippen molar-refractivity contribution >= 4 is 21.8 Å². The zero-order valence-electron chi connectivity index (χ0n) is 10.8. The van der Waals surface area contributed by atoms with Crippen molar-refractivity contribution in [2.24, 2.45) is 10.7 Å². The predicted octanol–water partition coefficient (Wildman–Crippen LogP) is 2.77. The van der Waals surface area contributed by atoms with Gasteiger partial charge in [-0.25, -0.2) is 4.98 Å². The minimum atomic E-state index is -4.62. The summed E-state index contributed by atoms with van der Waals surface area (Å²) in [6, 6.07) is 5.10. The second-order valence-corrected chi connectivity index (χ2v) is 5.75. The van der Waals surface area contributed by atoms with Crippen LogP contribution in [0.1, 0.15) is 19.5 Å². The first-order valence-corrected chi connectivity index (χ1v) is 6.57. The number of pyridine rings is 1. The van der Waals surface area contributed by atoms with E-state index in [1.807, 2.05) is 0 Å². The smallest absolute Gasteiger partial charge is 0.385 e. The van der Waals surface area contributed by atoms with Crippen LogP contribution in [-0.4, -0.2) is 29.2 Å². The van der Waals surface area contributed by atoms with Crippen LogP contribution in [0.4, 0.5) is 13.2 Å². The van der Waals surface area contributed by atoms with Gasteiger partial charge in [-0.15, -0.1) is 0 Å². The molecule has 8 heteroatoms. The summed E-state index contributed by atoms with van der Waals surface area (Å²) in [4.78, 5) is 8.22. The van der Waals surface area contributed by atoms with Crippen molar-refractivity contribution in [3.63, 3.8) is 0 Å². The Morgan fingerprint density at radius 2 is 2.00 bits per heavy atom. The lowest BCUT2D eigenvalue weighted by Crippen LogP contribution is -2.60. The molecule has 1 aromatic rings. The number of aliphatic imine (C=N–C) groups is 1. The Labute approximate surface area is 122 Å². The lowest BCUT2D eigenvalue weighted by Gasteiger charge is -2.40. The van der Waals surface area contributed by atoms with E-state index in [0.29, 0.717) is 10.3 Å². The summed E-state index contributed by atoms with van der Waals surface area (Å²) in [5.74, 6) is -0.597. The number of nitrogens with zero attached hydrogens (tertiary/aromatic N) is 2. The Morgan fingerprint density at radius 1 is 1.35 bits per heavy atom. The average molecular weight is 352 g/mol. The quantitative estimate of drug-likeness (QED) is 0.791. The van der Waals surface area contributed by atoms with Crippen molar-refractivity contribution in [2.75, 3.05) is 6.61 Å². The van der Waals surface area contributed by atoms with Gasteiger partial charge >= 0.3 is 6.18 Å². The van der Waals surface area contributed by atoms with Gasteiger partial charge in [-0.05, 0) is 41.9 Å². The van der Waals surface area contributed by atoms with Crippen molar-refractivity contribution in [2.45, 2.75) is 31.2 Å². The number of amidine groups is 1. The number of alkyl halides is 3. The van der Waals surface area contributed by atoms with E-state index >= 15 is 0 Å². The van der Waals surface area contributed by atoms with Gasteiger partial charge < -0.3 is 10.5 Å². The second kappa shape index (κ2) is 4.70. The molecule has 110 valence electrons. The molecule has 0 bridgehead atoms. The molecule has 0 aliphatic carbocycles. The molecule has 0 amide bonds. The van der Waals surface area contributed by atoms with Crippen LogP contribution in [0.5, 0.6) is 0 Å². The Hall–Kier alpha value is -1.15. The van der Waals surface area contributed by atoms with Gasteiger partial charge in [0.2, 0.25) is 5.60 Å². The molecule has 0 radical (unpaired) electrons. The van der Waals surface area contributed by atoms with E-state index in [2.05, 4.69) is 25.9 Å². The molecule has 1 aliphatic heterocycles. The Bertz CT molecular complexity index is 563. The monoisotopic (exact) mass is 351 g/mol. The van der Waals surface area contributed by atoms with Crippen LogP contribution in [0.15, 0.2) is 27.8 Å². The van der Waals surface area contributed by atoms with E-state index in [1.54, 1.807) is 25.1 Å². The SMILES string of the molecule is C[C@]1(c2cccc(Br)n2)CO[C@](C)(C(F)(F)F)C(N)=N1. The maximum absolute atomic E-state index is 13.0. The number of nitrogens with two attached hydrogens (primary N) is 1. The number of hydrogen-bond acceptors (Lipinski definition) is 4. The molecule has 2 atom stereocenters. The van der Waals surface area contributed by atoms with Crippen molar-refractivity contribution in [3.8, 4) is 0 Å². The highest BCUT2D eigenvalue weighted by Gasteiger charge is 2.59. The average Bonchev–Trinajstić information content (AvgIpc) is 2.33. The molecule has 0 saturated carbocycles. The molecule has 2 heterocycles. The second-order valence-electron chi connectivity index (χ2n) is 4.94. The Balaban J connectivity index is 2.44. The summed E-state index contributed by atoms with van der Waals surface area (Å²) < 4.78 is 44.5. The highest BCUT2D eigenvalue weighted by molar-refractivity contribution is 9.10. The third kappa shape index (κ3) is 2.42. The number of ether oxygens (including phenoxy) is 1. The van der Waals surface area contributed by atoms with Gasteiger partial charge in [0.05, 0.1) is 12.3 Å². The minimum Gasteiger partial charge on any atom is -0.385 e. The fourth-order valence-corrected chi connectivity index (χ4v) is 2.17. The van der Waals surface area contributed by atoms with Crippen molar-refractivity contribution < 1.29 is 17.9 Å². The third-order valence-corrected chi connectivity index (χ3v) is 3.75. The molecule has 0 unspecified atom stereocenters. The van der Waals surface area contributed by atoms with E-state index in [-0.39, 0.29) is 6.61 Å². The van der Waals surface area contributed by atoms with Crippen LogP contribution in [0, 0.1) is 0 Å². The van der Waals surface area contributed by atoms with Crippen molar-refractivity contribution in [1.29, 1.82) is 0 Å². The summed E-state index contributed by atoms with van der Waals surface area (Å²) in [5, 5.41) is 0. The molecular weight excluding hydrogens is 339 g/mol. The molecule has 0 spiro atoms. The highest BCUT2D eigenvalue weighted by atomic mass is 79.9. The molecular formula is C12H13BrF3N3O. The van der Waals surface area contributed by atoms with Crippen LogP contribution in [-0.2, 0) is 10.3 Å². The van der Waals surface area contributed by atoms with Gasteiger partial charge in [-0.2, -0.15) is 13.2 Å². The summed E-state index contributed by atoms with van der Waals surface area (Å²) in [5.41, 5.74) is 2.40. The summed E-state index contributed by atoms with van der Waals surface area (Å²) in [7, 11) is 0. The summed E-state index contributed by atoms with van der Waals surface area (Å²) in [6.45, 7) is 2.25. The van der Waals surface area contributed by atoms with E-state index in [4.69, 9.17) is 10.5 Å². The molecule has 4 nitrogen and oxygen atoms in total. The summed E-state index contributed by atoms with van der Waals surface area (Å²) >= 11 is 3.21. The number of hydrogen-bond donors (Lipinski definition) is 1. The first kappa shape index (κ1) is 15.2. The number of aromatic nitrogens is 1. The van der Waals surface area contributed by atoms with Crippen LogP contribution >= 0.6 is 15.9 Å². The van der Waals surface area contributed by atoms with E-state index in [0.717, 1.165) is 6.92 Å². The van der Waals surface area contributed by atoms with Crippen LogP contribution < -0.4 is 5.73 Å².